The van der Waals surface area contributed by atoms with Gasteiger partial charge in [0.05, 0.1) is 6.20 Å². The lowest BCUT2D eigenvalue weighted by molar-refractivity contribution is 0.386. The van der Waals surface area contributed by atoms with Crippen molar-refractivity contribution in [2.45, 2.75) is 45.8 Å². The molecule has 0 aliphatic heterocycles. The largest absolute Gasteiger partial charge is 0.311 e. The molecule has 1 unspecified atom stereocenters. The minimum atomic E-state index is -0.254. The highest BCUT2D eigenvalue weighted by molar-refractivity contribution is 5.12. The van der Waals surface area contributed by atoms with Gasteiger partial charge in [-0.15, -0.1) is 0 Å². The summed E-state index contributed by atoms with van der Waals surface area (Å²) < 4.78 is 13.3. The van der Waals surface area contributed by atoms with E-state index in [1.807, 2.05) is 0 Å². The average molecular weight is 239 g/mol. The van der Waals surface area contributed by atoms with E-state index < -0.39 is 0 Å². The fourth-order valence-corrected chi connectivity index (χ4v) is 1.36. The van der Waals surface area contributed by atoms with Gasteiger partial charge in [0.25, 0.3) is 0 Å². The van der Waals surface area contributed by atoms with Crippen molar-refractivity contribution >= 4 is 0 Å². The van der Waals surface area contributed by atoms with E-state index in [4.69, 9.17) is 0 Å². The van der Waals surface area contributed by atoms with Crippen LogP contribution in [0.5, 0.6) is 0 Å². The van der Waals surface area contributed by atoms with Crippen molar-refractivity contribution in [3.05, 3.63) is 29.8 Å². The highest BCUT2D eigenvalue weighted by Gasteiger charge is 2.11. The van der Waals surface area contributed by atoms with Crippen LogP contribution in [0.2, 0.25) is 0 Å². The van der Waals surface area contributed by atoms with Crippen LogP contribution < -0.4 is 10.6 Å². The fourth-order valence-electron chi connectivity index (χ4n) is 1.36. The standard InChI is InChI=1S/C13H22FN3/c1-10(7-17-13(2,3)4)16-8-11-5-6-15-9-12(11)14/h5-6,9-10,16-17H,7-8H2,1-4H3. The molecule has 1 heterocycles. The van der Waals surface area contributed by atoms with Crippen LogP contribution >= 0.6 is 0 Å². The van der Waals surface area contributed by atoms with E-state index in [2.05, 4.69) is 43.3 Å². The minimum Gasteiger partial charge on any atom is -0.311 e. The maximum absolute atomic E-state index is 13.3. The summed E-state index contributed by atoms with van der Waals surface area (Å²) in [5, 5.41) is 6.69. The molecule has 0 spiro atoms. The van der Waals surface area contributed by atoms with Crippen molar-refractivity contribution in [1.29, 1.82) is 0 Å². The van der Waals surface area contributed by atoms with Crippen LogP contribution in [-0.4, -0.2) is 23.1 Å². The van der Waals surface area contributed by atoms with Crippen LogP contribution in [-0.2, 0) is 6.54 Å². The highest BCUT2D eigenvalue weighted by Crippen LogP contribution is 2.04. The summed E-state index contributed by atoms with van der Waals surface area (Å²) in [5.74, 6) is -0.254. The Morgan fingerprint density at radius 1 is 1.41 bits per heavy atom. The third kappa shape index (κ3) is 5.75. The summed E-state index contributed by atoms with van der Waals surface area (Å²) >= 11 is 0. The van der Waals surface area contributed by atoms with E-state index in [9.17, 15) is 4.39 Å². The van der Waals surface area contributed by atoms with Crippen LogP contribution in [0.4, 0.5) is 4.39 Å². The second-order valence-electron chi connectivity index (χ2n) is 5.38. The van der Waals surface area contributed by atoms with E-state index in [0.717, 1.165) is 6.54 Å². The molecule has 0 bridgehead atoms. The van der Waals surface area contributed by atoms with Crippen LogP contribution in [0, 0.1) is 5.82 Å². The van der Waals surface area contributed by atoms with Crippen molar-refractivity contribution in [2.75, 3.05) is 6.54 Å². The average Bonchev–Trinajstić information content (AvgIpc) is 2.24. The smallest absolute Gasteiger partial charge is 0.145 e. The second-order valence-corrected chi connectivity index (χ2v) is 5.38. The Morgan fingerprint density at radius 3 is 2.71 bits per heavy atom. The van der Waals surface area contributed by atoms with E-state index in [1.165, 1.54) is 6.20 Å². The lowest BCUT2D eigenvalue weighted by Gasteiger charge is -2.24. The lowest BCUT2D eigenvalue weighted by atomic mass is 10.1. The number of aromatic nitrogens is 1. The Hall–Kier alpha value is -1.00. The van der Waals surface area contributed by atoms with Gasteiger partial charge in [-0.25, -0.2) is 4.39 Å². The highest BCUT2D eigenvalue weighted by atomic mass is 19.1. The molecule has 0 radical (unpaired) electrons. The van der Waals surface area contributed by atoms with Gasteiger partial charge in [-0.05, 0) is 33.8 Å². The summed E-state index contributed by atoms with van der Waals surface area (Å²) in [6.07, 6.45) is 2.85. The zero-order valence-corrected chi connectivity index (χ0v) is 11.0. The quantitative estimate of drug-likeness (QED) is 0.826. The molecule has 1 rings (SSSR count). The molecule has 1 aromatic heterocycles. The lowest BCUT2D eigenvalue weighted by Crippen LogP contribution is -2.44. The van der Waals surface area contributed by atoms with Crippen molar-refractivity contribution in [3.8, 4) is 0 Å². The third-order valence-electron chi connectivity index (χ3n) is 2.44. The van der Waals surface area contributed by atoms with Gasteiger partial charge in [-0.3, -0.25) is 4.98 Å². The fraction of sp³-hybridized carbons (Fsp3) is 0.615. The molecule has 0 aliphatic rings. The van der Waals surface area contributed by atoms with Crippen LogP contribution in [0.25, 0.3) is 0 Å². The molecular weight excluding hydrogens is 217 g/mol. The second kappa shape index (κ2) is 6.07. The van der Waals surface area contributed by atoms with E-state index in [1.54, 1.807) is 12.3 Å². The zero-order valence-electron chi connectivity index (χ0n) is 11.0. The number of pyridine rings is 1. The summed E-state index contributed by atoms with van der Waals surface area (Å²) in [7, 11) is 0. The molecule has 2 N–H and O–H groups in total. The molecule has 1 aromatic rings. The first kappa shape index (κ1) is 14.1. The van der Waals surface area contributed by atoms with Gasteiger partial charge in [0, 0.05) is 36.4 Å². The summed E-state index contributed by atoms with van der Waals surface area (Å²) in [6, 6.07) is 1.99. The van der Waals surface area contributed by atoms with Gasteiger partial charge in [-0.2, -0.15) is 0 Å². The molecule has 0 fully saturated rings. The van der Waals surface area contributed by atoms with Crippen molar-refractivity contribution < 1.29 is 4.39 Å². The maximum Gasteiger partial charge on any atom is 0.145 e. The van der Waals surface area contributed by atoms with E-state index >= 15 is 0 Å². The Balaban J connectivity index is 2.34. The molecule has 0 aliphatic carbocycles. The van der Waals surface area contributed by atoms with Gasteiger partial charge in [0.2, 0.25) is 0 Å². The van der Waals surface area contributed by atoms with Crippen LogP contribution in [0.3, 0.4) is 0 Å². The van der Waals surface area contributed by atoms with Gasteiger partial charge in [-0.1, -0.05) is 0 Å². The zero-order chi connectivity index (χ0) is 12.9. The molecule has 1 atom stereocenters. The van der Waals surface area contributed by atoms with Gasteiger partial charge >= 0.3 is 0 Å². The Kier molecular flexibility index (Phi) is 5.02. The molecule has 17 heavy (non-hydrogen) atoms. The van der Waals surface area contributed by atoms with Crippen molar-refractivity contribution in [1.82, 2.24) is 15.6 Å². The minimum absolute atomic E-state index is 0.109. The predicted octanol–water partition coefficient (Wildman–Crippen LogP) is 2.09. The third-order valence-corrected chi connectivity index (χ3v) is 2.44. The molecule has 0 saturated carbocycles. The summed E-state index contributed by atoms with van der Waals surface area (Å²) in [6.45, 7) is 9.85. The summed E-state index contributed by atoms with van der Waals surface area (Å²) in [4.78, 5) is 3.73. The molecule has 0 aromatic carbocycles. The normalized spacial score (nSPS) is 13.7. The monoisotopic (exact) mass is 239 g/mol. The number of nitrogens with zero attached hydrogens (tertiary/aromatic N) is 1. The van der Waals surface area contributed by atoms with Gasteiger partial charge in [0.1, 0.15) is 5.82 Å². The van der Waals surface area contributed by atoms with Crippen molar-refractivity contribution in [3.63, 3.8) is 0 Å². The first-order valence-corrected chi connectivity index (χ1v) is 5.95. The van der Waals surface area contributed by atoms with E-state index in [0.29, 0.717) is 18.2 Å². The summed E-state index contributed by atoms with van der Waals surface area (Å²) in [5.41, 5.74) is 0.764. The van der Waals surface area contributed by atoms with Crippen LogP contribution in [0.1, 0.15) is 33.3 Å². The molecule has 0 amide bonds. The van der Waals surface area contributed by atoms with Gasteiger partial charge in [0.15, 0.2) is 0 Å². The van der Waals surface area contributed by atoms with Crippen LogP contribution in [0.15, 0.2) is 18.5 Å². The predicted molar refractivity (Wildman–Crippen MR) is 68.3 cm³/mol. The SMILES string of the molecule is CC(CNC(C)(C)C)NCc1ccncc1F. The molecule has 0 saturated heterocycles. The Morgan fingerprint density at radius 2 is 2.12 bits per heavy atom. The Bertz CT molecular complexity index is 347. The number of hydrogen-bond acceptors (Lipinski definition) is 3. The molecular formula is C13H22FN3. The van der Waals surface area contributed by atoms with Gasteiger partial charge < -0.3 is 10.6 Å². The molecule has 96 valence electrons. The first-order chi connectivity index (χ1) is 7.88. The molecule has 4 heteroatoms. The first-order valence-electron chi connectivity index (χ1n) is 5.95. The number of rotatable bonds is 5. The number of hydrogen-bond donors (Lipinski definition) is 2. The Labute approximate surface area is 103 Å². The van der Waals surface area contributed by atoms with Crippen molar-refractivity contribution in [2.24, 2.45) is 0 Å². The van der Waals surface area contributed by atoms with E-state index in [-0.39, 0.29) is 11.4 Å². The number of nitrogens with one attached hydrogen (secondary N) is 2. The molecule has 3 nitrogen and oxygen atoms in total. The number of halogens is 1. The maximum atomic E-state index is 13.3. The topological polar surface area (TPSA) is 37.0 Å².